The summed E-state index contributed by atoms with van der Waals surface area (Å²) >= 11 is 0. The Morgan fingerprint density at radius 3 is 3.17 bits per heavy atom. The number of nitrogens with one attached hydrogen (secondary N) is 1. The lowest BCUT2D eigenvalue weighted by molar-refractivity contribution is 0.165. The van der Waals surface area contributed by atoms with Crippen LogP contribution in [0, 0.1) is 11.8 Å². The fourth-order valence-electron chi connectivity index (χ4n) is 3.33. The molecule has 1 saturated carbocycles. The standard InChI is InChI=1S/C13H18N2O2.ClH/c1-2-9(1)3-11-12(17-8-15-11)13-6-14-4-10(13)5-16-7-13;/h8-10,14H,1-7H2;1H/t10-,13-;/m0./s1. The molecule has 0 bridgehead atoms. The number of aromatic nitrogens is 1. The number of rotatable bonds is 3. The average molecular weight is 271 g/mol. The first-order valence-corrected chi connectivity index (χ1v) is 6.60. The van der Waals surface area contributed by atoms with Gasteiger partial charge in [-0.1, -0.05) is 0 Å². The van der Waals surface area contributed by atoms with Gasteiger partial charge in [0.2, 0.25) is 0 Å². The maximum atomic E-state index is 5.75. The van der Waals surface area contributed by atoms with Crippen LogP contribution in [0.15, 0.2) is 10.8 Å². The lowest BCUT2D eigenvalue weighted by Crippen LogP contribution is -2.35. The molecule has 2 saturated heterocycles. The van der Waals surface area contributed by atoms with Crippen LogP contribution in [0.25, 0.3) is 0 Å². The summed E-state index contributed by atoms with van der Waals surface area (Å²) in [6, 6.07) is 0. The van der Waals surface area contributed by atoms with E-state index in [4.69, 9.17) is 9.15 Å². The molecule has 2 aliphatic heterocycles. The normalized spacial score (nSPS) is 34.3. The van der Waals surface area contributed by atoms with E-state index < -0.39 is 0 Å². The molecule has 0 radical (unpaired) electrons. The SMILES string of the molecule is Cl.c1nc(CC2CC2)c([C@]23CNC[C@H]2COC3)o1. The molecular weight excluding hydrogens is 252 g/mol. The van der Waals surface area contributed by atoms with Crippen molar-refractivity contribution in [2.24, 2.45) is 11.8 Å². The van der Waals surface area contributed by atoms with Gasteiger partial charge in [0.1, 0.15) is 5.76 Å². The number of halogens is 1. The van der Waals surface area contributed by atoms with Crippen LogP contribution in [-0.2, 0) is 16.6 Å². The monoisotopic (exact) mass is 270 g/mol. The third-order valence-electron chi connectivity index (χ3n) is 4.56. The first-order chi connectivity index (χ1) is 8.38. The maximum Gasteiger partial charge on any atom is 0.181 e. The number of hydrogen-bond acceptors (Lipinski definition) is 4. The van der Waals surface area contributed by atoms with E-state index in [9.17, 15) is 0 Å². The topological polar surface area (TPSA) is 47.3 Å². The number of nitrogens with zero attached hydrogens (tertiary/aromatic N) is 1. The minimum Gasteiger partial charge on any atom is -0.447 e. The molecule has 0 amide bonds. The van der Waals surface area contributed by atoms with Crippen LogP contribution in [-0.4, -0.2) is 31.3 Å². The van der Waals surface area contributed by atoms with E-state index >= 15 is 0 Å². The van der Waals surface area contributed by atoms with Crippen LogP contribution in [0.2, 0.25) is 0 Å². The molecule has 1 aromatic rings. The van der Waals surface area contributed by atoms with Gasteiger partial charge in [0.15, 0.2) is 6.39 Å². The third-order valence-corrected chi connectivity index (χ3v) is 4.56. The van der Waals surface area contributed by atoms with Gasteiger partial charge >= 0.3 is 0 Å². The Balaban J connectivity index is 0.000001000. The second kappa shape index (κ2) is 4.51. The van der Waals surface area contributed by atoms with Crippen molar-refractivity contribution in [3.05, 3.63) is 17.8 Å². The smallest absolute Gasteiger partial charge is 0.181 e. The predicted octanol–water partition coefficient (Wildman–Crippen LogP) is 1.54. The Labute approximate surface area is 113 Å². The Hall–Kier alpha value is -0.580. The third kappa shape index (κ3) is 1.78. The molecule has 0 aromatic carbocycles. The maximum absolute atomic E-state index is 5.75. The van der Waals surface area contributed by atoms with E-state index in [2.05, 4.69) is 10.3 Å². The van der Waals surface area contributed by atoms with Gasteiger partial charge in [-0.05, 0) is 25.2 Å². The van der Waals surface area contributed by atoms with Crippen molar-refractivity contribution in [1.82, 2.24) is 10.3 Å². The molecular formula is C13H19ClN2O2. The van der Waals surface area contributed by atoms with E-state index in [-0.39, 0.29) is 17.8 Å². The van der Waals surface area contributed by atoms with Gasteiger partial charge in [0.05, 0.1) is 24.3 Å². The number of ether oxygens (including phenoxy) is 1. The molecule has 1 aliphatic carbocycles. The molecule has 0 spiro atoms. The van der Waals surface area contributed by atoms with Crippen LogP contribution in [0.4, 0.5) is 0 Å². The Kier molecular flexibility index (Phi) is 3.12. The first kappa shape index (κ1) is 12.5. The molecule has 3 aliphatic rings. The second-order valence-electron chi connectivity index (χ2n) is 5.77. The zero-order chi connectivity index (χ0) is 11.3. The number of oxazole rings is 1. The highest BCUT2D eigenvalue weighted by Crippen LogP contribution is 2.43. The highest BCUT2D eigenvalue weighted by atomic mass is 35.5. The van der Waals surface area contributed by atoms with Crippen LogP contribution in [0.3, 0.4) is 0 Å². The van der Waals surface area contributed by atoms with Gasteiger partial charge < -0.3 is 14.5 Å². The van der Waals surface area contributed by atoms with E-state index in [1.165, 1.54) is 18.5 Å². The minimum absolute atomic E-state index is 0. The largest absolute Gasteiger partial charge is 0.447 e. The van der Waals surface area contributed by atoms with Gasteiger partial charge in [0.25, 0.3) is 0 Å². The molecule has 1 aromatic heterocycles. The molecule has 3 heterocycles. The highest BCUT2D eigenvalue weighted by molar-refractivity contribution is 5.85. The van der Waals surface area contributed by atoms with Crippen molar-refractivity contribution in [3.63, 3.8) is 0 Å². The molecule has 3 fully saturated rings. The van der Waals surface area contributed by atoms with Crippen LogP contribution < -0.4 is 5.32 Å². The van der Waals surface area contributed by atoms with Gasteiger partial charge in [-0.15, -0.1) is 12.4 Å². The van der Waals surface area contributed by atoms with E-state index in [1.807, 2.05) is 0 Å². The van der Waals surface area contributed by atoms with Crippen molar-refractivity contribution in [2.45, 2.75) is 24.7 Å². The van der Waals surface area contributed by atoms with Gasteiger partial charge in [-0.3, -0.25) is 0 Å². The van der Waals surface area contributed by atoms with Crippen LogP contribution in [0.1, 0.15) is 24.3 Å². The molecule has 4 nitrogen and oxygen atoms in total. The summed E-state index contributed by atoms with van der Waals surface area (Å²) in [5.74, 6) is 2.52. The van der Waals surface area contributed by atoms with Crippen LogP contribution in [0.5, 0.6) is 0 Å². The van der Waals surface area contributed by atoms with Crippen molar-refractivity contribution in [1.29, 1.82) is 0 Å². The fraction of sp³-hybridized carbons (Fsp3) is 0.769. The average Bonchev–Trinajstić information content (AvgIpc) is 2.75. The lowest BCUT2D eigenvalue weighted by Gasteiger charge is -2.24. The second-order valence-corrected chi connectivity index (χ2v) is 5.77. The molecule has 0 unspecified atom stereocenters. The summed E-state index contributed by atoms with van der Waals surface area (Å²) in [5.41, 5.74) is 1.26. The van der Waals surface area contributed by atoms with Crippen LogP contribution >= 0.6 is 12.4 Å². The summed E-state index contributed by atoms with van der Waals surface area (Å²) in [5, 5.41) is 3.48. The van der Waals surface area contributed by atoms with Crippen molar-refractivity contribution in [3.8, 4) is 0 Å². The van der Waals surface area contributed by atoms with Crippen molar-refractivity contribution in [2.75, 3.05) is 26.3 Å². The van der Waals surface area contributed by atoms with Crippen molar-refractivity contribution >= 4 is 12.4 Å². The van der Waals surface area contributed by atoms with Gasteiger partial charge in [0, 0.05) is 19.0 Å². The molecule has 100 valence electrons. The minimum atomic E-state index is 0. The fourth-order valence-corrected chi connectivity index (χ4v) is 3.33. The lowest BCUT2D eigenvalue weighted by atomic mass is 9.77. The number of hydrogen-bond donors (Lipinski definition) is 1. The molecule has 4 rings (SSSR count). The summed E-state index contributed by atoms with van der Waals surface area (Å²) < 4.78 is 11.4. The molecule has 1 N–H and O–H groups in total. The highest BCUT2D eigenvalue weighted by Gasteiger charge is 2.52. The summed E-state index contributed by atoms with van der Waals surface area (Å²) in [4.78, 5) is 4.45. The Morgan fingerprint density at radius 2 is 2.33 bits per heavy atom. The molecule has 5 heteroatoms. The Bertz CT molecular complexity index is 420. The zero-order valence-corrected chi connectivity index (χ0v) is 11.2. The van der Waals surface area contributed by atoms with Crippen molar-refractivity contribution < 1.29 is 9.15 Å². The Morgan fingerprint density at radius 1 is 1.44 bits per heavy atom. The summed E-state index contributed by atoms with van der Waals surface area (Å²) in [7, 11) is 0. The van der Waals surface area contributed by atoms with E-state index in [0.29, 0.717) is 5.92 Å². The van der Waals surface area contributed by atoms with E-state index in [1.54, 1.807) is 6.39 Å². The molecule has 2 atom stereocenters. The van der Waals surface area contributed by atoms with Gasteiger partial charge in [-0.2, -0.15) is 0 Å². The summed E-state index contributed by atoms with van der Waals surface area (Å²) in [6.07, 6.45) is 5.44. The zero-order valence-electron chi connectivity index (χ0n) is 10.4. The van der Waals surface area contributed by atoms with Gasteiger partial charge in [-0.25, -0.2) is 4.98 Å². The quantitative estimate of drug-likeness (QED) is 0.905. The first-order valence-electron chi connectivity index (χ1n) is 6.60. The van der Waals surface area contributed by atoms with E-state index in [0.717, 1.165) is 44.4 Å². The number of fused-ring (bicyclic) bond motifs is 1. The molecule has 18 heavy (non-hydrogen) atoms. The summed E-state index contributed by atoms with van der Waals surface area (Å²) in [6.45, 7) is 3.67. The predicted molar refractivity (Wildman–Crippen MR) is 69.0 cm³/mol.